The van der Waals surface area contributed by atoms with Crippen molar-refractivity contribution in [2.45, 2.75) is 0 Å². The van der Waals surface area contributed by atoms with Crippen molar-refractivity contribution in [1.29, 1.82) is 0 Å². The summed E-state index contributed by atoms with van der Waals surface area (Å²) in [6.45, 7) is 0. The summed E-state index contributed by atoms with van der Waals surface area (Å²) in [6.07, 6.45) is 0.813. The number of carbonyl (C=O) groups is 3. The van der Waals surface area contributed by atoms with E-state index in [2.05, 4.69) is 10.6 Å². The molecule has 0 aliphatic heterocycles. The van der Waals surface area contributed by atoms with E-state index in [-0.39, 0.29) is 34.0 Å². The smallest absolute Gasteiger partial charge is 0.340 e. The Bertz CT molecular complexity index is 1030. The van der Waals surface area contributed by atoms with Crippen LogP contribution in [0.25, 0.3) is 11.3 Å². The van der Waals surface area contributed by atoms with Gasteiger partial charge in [0.25, 0.3) is 0 Å². The van der Waals surface area contributed by atoms with Gasteiger partial charge in [-0.3, -0.25) is 9.59 Å². The molecule has 1 amide bonds. The molecule has 1 aromatic heterocycles. The van der Waals surface area contributed by atoms with E-state index in [9.17, 15) is 14.4 Å². The highest BCUT2D eigenvalue weighted by atomic mass is 19.1. The first-order valence-corrected chi connectivity index (χ1v) is 8.11. The molecule has 2 aromatic carbocycles. The predicted octanol–water partition coefficient (Wildman–Crippen LogP) is 4.00. The van der Waals surface area contributed by atoms with Crippen molar-refractivity contribution in [3.8, 4) is 11.3 Å². The number of furan rings is 1. The molecule has 0 aliphatic rings. The van der Waals surface area contributed by atoms with Crippen molar-refractivity contribution in [2.24, 2.45) is 0 Å². The van der Waals surface area contributed by atoms with Gasteiger partial charge in [0.05, 0.1) is 29.6 Å². The second-order valence-electron chi connectivity index (χ2n) is 5.60. The second kappa shape index (κ2) is 8.17. The van der Waals surface area contributed by atoms with Crippen LogP contribution in [0.5, 0.6) is 0 Å². The van der Waals surface area contributed by atoms with Crippen molar-refractivity contribution >= 4 is 35.7 Å². The highest BCUT2D eigenvalue weighted by Crippen LogP contribution is 2.39. The van der Waals surface area contributed by atoms with Crippen LogP contribution in [0.3, 0.4) is 0 Å². The third kappa shape index (κ3) is 3.61. The van der Waals surface area contributed by atoms with Gasteiger partial charge in [0.1, 0.15) is 5.76 Å². The fourth-order valence-corrected chi connectivity index (χ4v) is 2.68. The molecule has 2 N–H and O–H groups in total. The molecule has 3 rings (SSSR count). The Morgan fingerprint density at radius 3 is 2.50 bits per heavy atom. The maximum atomic E-state index is 15.5. The number of anilines is 3. The van der Waals surface area contributed by atoms with Crippen molar-refractivity contribution in [1.82, 2.24) is 0 Å². The maximum Gasteiger partial charge on any atom is 0.340 e. The minimum absolute atomic E-state index is 0.0106. The lowest BCUT2D eigenvalue weighted by Gasteiger charge is -2.17. The average Bonchev–Trinajstić information content (AvgIpc) is 3.19. The van der Waals surface area contributed by atoms with E-state index in [1.807, 2.05) is 0 Å². The minimum atomic E-state index is -0.858. The summed E-state index contributed by atoms with van der Waals surface area (Å²) in [7, 11) is 1.16. The number of carbonyl (C=O) groups excluding carboxylic acids is 3. The number of esters is 1. The Morgan fingerprint density at radius 1 is 1.14 bits per heavy atom. The van der Waals surface area contributed by atoms with Gasteiger partial charge in [-0.2, -0.15) is 0 Å². The van der Waals surface area contributed by atoms with Crippen LogP contribution in [0.15, 0.2) is 52.9 Å². The third-order valence-corrected chi connectivity index (χ3v) is 3.92. The number of methoxy groups -OCH3 is 1. The van der Waals surface area contributed by atoms with Crippen LogP contribution >= 0.6 is 0 Å². The van der Waals surface area contributed by atoms with E-state index in [1.54, 1.807) is 30.3 Å². The van der Waals surface area contributed by atoms with Crippen molar-refractivity contribution in [3.63, 3.8) is 0 Å². The quantitative estimate of drug-likeness (QED) is 0.474. The molecule has 0 saturated carbocycles. The molecular weight excluding hydrogens is 367 g/mol. The van der Waals surface area contributed by atoms with Gasteiger partial charge in [0, 0.05) is 5.69 Å². The molecule has 1 heterocycles. The van der Waals surface area contributed by atoms with Gasteiger partial charge in [-0.1, -0.05) is 18.2 Å². The van der Waals surface area contributed by atoms with Gasteiger partial charge in [-0.15, -0.1) is 0 Å². The summed E-state index contributed by atoms with van der Waals surface area (Å²) in [5.74, 6) is -1.66. The third-order valence-electron chi connectivity index (χ3n) is 3.92. The van der Waals surface area contributed by atoms with E-state index in [1.165, 1.54) is 18.2 Å². The van der Waals surface area contributed by atoms with Gasteiger partial charge >= 0.3 is 5.97 Å². The number of aldehydes is 1. The van der Waals surface area contributed by atoms with Crippen LogP contribution in [-0.4, -0.2) is 25.8 Å². The largest absolute Gasteiger partial charge is 0.465 e. The number of hydrogen-bond donors (Lipinski definition) is 2. The van der Waals surface area contributed by atoms with Crippen LogP contribution in [0, 0.1) is 5.82 Å². The molecule has 0 spiro atoms. The second-order valence-corrected chi connectivity index (χ2v) is 5.60. The summed E-state index contributed by atoms with van der Waals surface area (Å²) in [5, 5.41) is 5.20. The van der Waals surface area contributed by atoms with E-state index in [0.29, 0.717) is 18.4 Å². The van der Waals surface area contributed by atoms with E-state index >= 15 is 4.39 Å². The number of hydrogen-bond acceptors (Lipinski definition) is 6. The molecule has 3 aromatic rings. The Morgan fingerprint density at radius 2 is 1.89 bits per heavy atom. The normalized spacial score (nSPS) is 10.2. The van der Waals surface area contributed by atoms with Gasteiger partial charge in [0.15, 0.2) is 17.9 Å². The zero-order chi connectivity index (χ0) is 20.1. The van der Waals surface area contributed by atoms with Gasteiger partial charge < -0.3 is 19.8 Å². The standard InChI is InChI=1S/C20H15FN2O5/c1-27-20(26)14-9-15(22-11-25)17(16-8-7-13(10-24)28-16)18(21)19(14)23-12-5-3-2-4-6-12/h2-11,23H,1H3,(H,22,25). The maximum absolute atomic E-state index is 15.5. The first-order chi connectivity index (χ1) is 13.6. The molecule has 0 saturated heterocycles. The lowest BCUT2D eigenvalue weighted by Crippen LogP contribution is -2.11. The Kier molecular flexibility index (Phi) is 5.50. The molecule has 0 aliphatic carbocycles. The molecular formula is C20H15FN2O5. The monoisotopic (exact) mass is 382 g/mol. The molecule has 0 fully saturated rings. The average molecular weight is 382 g/mol. The lowest BCUT2D eigenvalue weighted by molar-refractivity contribution is -0.105. The summed E-state index contributed by atoms with van der Waals surface area (Å²) in [6, 6.07) is 12.7. The van der Waals surface area contributed by atoms with Crippen LogP contribution in [0.2, 0.25) is 0 Å². The molecule has 8 heteroatoms. The summed E-state index contributed by atoms with van der Waals surface area (Å²) < 4.78 is 25.6. The van der Waals surface area contributed by atoms with E-state index < -0.39 is 11.8 Å². The SMILES string of the molecule is COC(=O)c1cc(NC=O)c(-c2ccc(C=O)o2)c(F)c1Nc1ccccc1. The van der Waals surface area contributed by atoms with Crippen molar-refractivity contribution in [3.05, 3.63) is 65.7 Å². The van der Waals surface area contributed by atoms with Gasteiger partial charge in [-0.25, -0.2) is 9.18 Å². The van der Waals surface area contributed by atoms with Crippen molar-refractivity contribution < 1.29 is 27.9 Å². The minimum Gasteiger partial charge on any atom is -0.465 e. The predicted molar refractivity (Wildman–Crippen MR) is 100 cm³/mol. The fourth-order valence-electron chi connectivity index (χ4n) is 2.68. The molecule has 28 heavy (non-hydrogen) atoms. The van der Waals surface area contributed by atoms with Crippen LogP contribution < -0.4 is 10.6 Å². The lowest BCUT2D eigenvalue weighted by atomic mass is 10.0. The number of nitrogens with one attached hydrogen (secondary N) is 2. The summed E-state index contributed by atoms with van der Waals surface area (Å²) in [4.78, 5) is 34.1. The molecule has 142 valence electrons. The highest BCUT2D eigenvalue weighted by molar-refractivity contribution is 6.01. The number of rotatable bonds is 7. The Balaban J connectivity index is 2.25. The van der Waals surface area contributed by atoms with Gasteiger partial charge in [-0.05, 0) is 30.3 Å². The van der Waals surface area contributed by atoms with E-state index in [4.69, 9.17) is 9.15 Å². The number of ether oxygens (including phenoxy) is 1. The Labute approximate surface area is 159 Å². The fraction of sp³-hybridized carbons (Fsp3) is 0.0500. The Hall–Kier alpha value is -3.94. The van der Waals surface area contributed by atoms with Crippen molar-refractivity contribution in [2.75, 3.05) is 17.7 Å². The number of amides is 1. The molecule has 0 atom stereocenters. The first kappa shape index (κ1) is 18.8. The highest BCUT2D eigenvalue weighted by Gasteiger charge is 2.25. The molecule has 7 nitrogen and oxygen atoms in total. The molecule has 0 unspecified atom stereocenters. The zero-order valence-electron chi connectivity index (χ0n) is 14.7. The van der Waals surface area contributed by atoms with E-state index in [0.717, 1.165) is 7.11 Å². The van der Waals surface area contributed by atoms with Crippen LogP contribution in [0.1, 0.15) is 20.9 Å². The summed E-state index contributed by atoms with van der Waals surface area (Å²) >= 11 is 0. The topological polar surface area (TPSA) is 97.6 Å². The first-order valence-electron chi connectivity index (χ1n) is 8.11. The number of halogens is 1. The number of para-hydroxylation sites is 1. The zero-order valence-corrected chi connectivity index (χ0v) is 14.7. The van der Waals surface area contributed by atoms with Crippen LogP contribution in [0.4, 0.5) is 21.5 Å². The van der Waals surface area contributed by atoms with Gasteiger partial charge in [0.2, 0.25) is 6.41 Å². The molecule has 0 radical (unpaired) electrons. The molecule has 0 bridgehead atoms. The summed E-state index contributed by atoms with van der Waals surface area (Å²) in [5.41, 5.74) is 0.110. The van der Waals surface area contributed by atoms with Crippen LogP contribution in [-0.2, 0) is 9.53 Å². The number of benzene rings is 2.